The number of anilines is 1. The fourth-order valence-corrected chi connectivity index (χ4v) is 2.05. The summed E-state index contributed by atoms with van der Waals surface area (Å²) in [7, 11) is 3.08. The van der Waals surface area contributed by atoms with Gasteiger partial charge in [0.15, 0.2) is 0 Å². The second-order valence-corrected chi connectivity index (χ2v) is 4.18. The van der Waals surface area contributed by atoms with Gasteiger partial charge in [0.25, 0.3) is 11.2 Å². The highest BCUT2D eigenvalue weighted by Crippen LogP contribution is 2.22. The van der Waals surface area contributed by atoms with Gasteiger partial charge in [-0.15, -0.1) is 0 Å². The molecule has 0 aliphatic heterocycles. The molecule has 2 rings (SSSR count). The van der Waals surface area contributed by atoms with E-state index in [2.05, 4.69) is 0 Å². The maximum atomic E-state index is 12.2. The van der Waals surface area contributed by atoms with Crippen LogP contribution in [0, 0.1) is 10.1 Å². The van der Waals surface area contributed by atoms with Gasteiger partial charge < -0.3 is 10.5 Å². The molecular weight excluding hydrogens is 264 g/mol. The molecule has 0 aliphatic carbocycles. The molecule has 0 aliphatic rings. The van der Waals surface area contributed by atoms with Crippen LogP contribution in [0.3, 0.4) is 0 Å². The van der Waals surface area contributed by atoms with Gasteiger partial charge in [-0.3, -0.25) is 19.6 Å². The zero-order valence-electron chi connectivity index (χ0n) is 11.1. The van der Waals surface area contributed by atoms with Gasteiger partial charge in [-0.05, 0) is 6.07 Å². The highest BCUT2D eigenvalue weighted by molar-refractivity contribution is 5.54. The van der Waals surface area contributed by atoms with Gasteiger partial charge in [0.1, 0.15) is 11.4 Å². The van der Waals surface area contributed by atoms with Crippen LogP contribution in [0.1, 0.15) is 5.69 Å². The molecule has 2 N–H and O–H groups in total. The Kier molecular flexibility index (Phi) is 3.57. The van der Waals surface area contributed by atoms with Crippen LogP contribution in [-0.4, -0.2) is 21.4 Å². The normalized spacial score (nSPS) is 10.7. The lowest BCUT2D eigenvalue weighted by Gasteiger charge is -2.09. The fourth-order valence-electron chi connectivity index (χ4n) is 2.05. The topological polar surface area (TPSA) is 105 Å². The number of nitrogen functional groups attached to an aromatic ring is 1. The number of benzene rings is 1. The monoisotopic (exact) mass is 278 g/mol. The molecule has 0 unspecified atom stereocenters. The Bertz CT molecular complexity index is 717. The Hall–Kier alpha value is -2.61. The number of hydrogen-bond acceptors (Lipinski definition) is 5. The molecule has 0 radical (unpaired) electrons. The Labute approximate surface area is 114 Å². The first-order chi connectivity index (χ1) is 9.49. The maximum Gasteiger partial charge on any atom is 0.295 e. The lowest BCUT2D eigenvalue weighted by atomic mass is 10.3. The van der Waals surface area contributed by atoms with Gasteiger partial charge >= 0.3 is 0 Å². The quantitative estimate of drug-likeness (QED) is 0.658. The summed E-state index contributed by atoms with van der Waals surface area (Å²) in [5, 5.41) is 11.1. The molecule has 0 atom stereocenters. The summed E-state index contributed by atoms with van der Waals surface area (Å²) in [6, 6.07) is 5.99. The molecule has 1 aromatic heterocycles. The Morgan fingerprint density at radius 1 is 1.40 bits per heavy atom. The highest BCUT2D eigenvalue weighted by Gasteiger charge is 2.22. The molecule has 2 aromatic rings. The summed E-state index contributed by atoms with van der Waals surface area (Å²) in [5.41, 5.74) is 5.73. The van der Waals surface area contributed by atoms with Crippen molar-refractivity contribution in [1.29, 1.82) is 0 Å². The molecule has 0 amide bonds. The van der Waals surface area contributed by atoms with Crippen LogP contribution in [-0.2, 0) is 18.4 Å². The van der Waals surface area contributed by atoms with Gasteiger partial charge in [0.05, 0.1) is 17.2 Å². The number of nitrogens with zero attached hydrogens (tertiary/aromatic N) is 3. The fraction of sp³-hybridized carbons (Fsp3) is 0.250. The first-order valence-corrected chi connectivity index (χ1v) is 5.78. The molecule has 0 saturated carbocycles. The van der Waals surface area contributed by atoms with Crippen LogP contribution in [0.15, 0.2) is 29.1 Å². The van der Waals surface area contributed by atoms with E-state index in [1.54, 1.807) is 13.1 Å². The van der Waals surface area contributed by atoms with Crippen molar-refractivity contribution < 1.29 is 9.66 Å². The standard InChI is InChI=1S/C12H14N4O4/c1-14-10(7-20-2)11(13)12(17)15(14)8-5-3-4-6-9(8)16(18)19/h3-6H,7,13H2,1-2H3. The van der Waals surface area contributed by atoms with Crippen molar-refractivity contribution in [3.8, 4) is 5.69 Å². The van der Waals surface area contributed by atoms with E-state index in [1.165, 1.54) is 34.7 Å². The number of methoxy groups -OCH3 is 1. The number of para-hydroxylation sites is 2. The lowest BCUT2D eigenvalue weighted by molar-refractivity contribution is -0.384. The number of aromatic nitrogens is 2. The maximum absolute atomic E-state index is 12.2. The first-order valence-electron chi connectivity index (χ1n) is 5.78. The SMILES string of the molecule is COCc1c(N)c(=O)n(-c2ccccc2[N+](=O)[O-])n1C. The van der Waals surface area contributed by atoms with E-state index >= 15 is 0 Å². The number of nitro benzene ring substituents is 1. The molecule has 106 valence electrons. The van der Waals surface area contributed by atoms with Crippen LogP contribution in [0.4, 0.5) is 11.4 Å². The van der Waals surface area contributed by atoms with E-state index < -0.39 is 10.5 Å². The lowest BCUT2D eigenvalue weighted by Crippen LogP contribution is -2.21. The molecule has 1 heterocycles. The first kappa shape index (κ1) is 13.8. The number of nitro groups is 1. The predicted molar refractivity (Wildman–Crippen MR) is 72.8 cm³/mol. The minimum absolute atomic E-state index is 0.0208. The summed E-state index contributed by atoms with van der Waals surface area (Å²) in [6.45, 7) is 0.144. The summed E-state index contributed by atoms with van der Waals surface area (Å²) in [5.74, 6) is 0. The van der Waals surface area contributed by atoms with Crippen LogP contribution in [0.2, 0.25) is 0 Å². The van der Waals surface area contributed by atoms with Crippen molar-refractivity contribution in [2.24, 2.45) is 7.05 Å². The molecule has 1 aromatic carbocycles. The van der Waals surface area contributed by atoms with E-state index in [0.717, 1.165) is 0 Å². The second-order valence-electron chi connectivity index (χ2n) is 4.18. The summed E-state index contributed by atoms with van der Waals surface area (Å²) in [6.07, 6.45) is 0. The molecule has 8 nitrogen and oxygen atoms in total. The molecule has 0 fully saturated rings. The van der Waals surface area contributed by atoms with Crippen molar-refractivity contribution >= 4 is 11.4 Å². The average molecular weight is 278 g/mol. The average Bonchev–Trinajstić information content (AvgIpc) is 2.63. The third-order valence-electron chi connectivity index (χ3n) is 3.01. The molecule has 0 bridgehead atoms. The Morgan fingerprint density at radius 3 is 2.65 bits per heavy atom. The Morgan fingerprint density at radius 2 is 2.05 bits per heavy atom. The summed E-state index contributed by atoms with van der Waals surface area (Å²) in [4.78, 5) is 22.7. The zero-order valence-corrected chi connectivity index (χ0v) is 11.1. The van der Waals surface area contributed by atoms with Gasteiger partial charge in [-0.1, -0.05) is 12.1 Å². The third-order valence-corrected chi connectivity index (χ3v) is 3.01. The van der Waals surface area contributed by atoms with E-state index in [4.69, 9.17) is 10.5 Å². The van der Waals surface area contributed by atoms with Crippen molar-refractivity contribution in [3.05, 3.63) is 50.4 Å². The van der Waals surface area contributed by atoms with Crippen molar-refractivity contribution in [2.75, 3.05) is 12.8 Å². The third kappa shape index (κ3) is 2.05. The largest absolute Gasteiger partial charge is 0.393 e. The van der Waals surface area contributed by atoms with Gasteiger partial charge in [0.2, 0.25) is 0 Å². The van der Waals surface area contributed by atoms with Gasteiger partial charge in [-0.2, -0.15) is 0 Å². The van der Waals surface area contributed by atoms with Crippen molar-refractivity contribution in [2.45, 2.75) is 6.61 Å². The number of hydrogen-bond donors (Lipinski definition) is 1. The van der Waals surface area contributed by atoms with Crippen LogP contribution in [0.25, 0.3) is 5.69 Å². The molecular formula is C12H14N4O4. The summed E-state index contributed by atoms with van der Waals surface area (Å²) < 4.78 is 7.61. The highest BCUT2D eigenvalue weighted by atomic mass is 16.6. The van der Waals surface area contributed by atoms with E-state index in [0.29, 0.717) is 5.69 Å². The van der Waals surface area contributed by atoms with Crippen molar-refractivity contribution in [3.63, 3.8) is 0 Å². The minimum atomic E-state index is -0.541. The van der Waals surface area contributed by atoms with Crippen molar-refractivity contribution in [1.82, 2.24) is 9.36 Å². The smallest absolute Gasteiger partial charge is 0.295 e. The molecule has 0 spiro atoms. The summed E-state index contributed by atoms with van der Waals surface area (Å²) >= 11 is 0. The van der Waals surface area contributed by atoms with Crippen LogP contribution < -0.4 is 11.3 Å². The predicted octanol–water partition coefficient (Wildman–Crippen LogP) is 0.813. The zero-order chi connectivity index (χ0) is 14.9. The van der Waals surface area contributed by atoms with E-state index in [1.807, 2.05) is 0 Å². The van der Waals surface area contributed by atoms with Gasteiger partial charge in [-0.25, -0.2) is 4.68 Å². The van der Waals surface area contributed by atoms with E-state index in [-0.39, 0.29) is 23.7 Å². The van der Waals surface area contributed by atoms with Gasteiger partial charge in [0, 0.05) is 20.2 Å². The number of nitrogens with two attached hydrogens (primary N) is 1. The second kappa shape index (κ2) is 5.17. The van der Waals surface area contributed by atoms with E-state index in [9.17, 15) is 14.9 Å². The number of ether oxygens (including phenoxy) is 1. The van der Waals surface area contributed by atoms with Crippen LogP contribution in [0.5, 0.6) is 0 Å². The Balaban J connectivity index is 2.75. The molecule has 20 heavy (non-hydrogen) atoms. The molecule has 0 saturated heterocycles. The molecule has 8 heteroatoms. The minimum Gasteiger partial charge on any atom is -0.393 e. The van der Waals surface area contributed by atoms with Crippen LogP contribution >= 0.6 is 0 Å². The number of rotatable bonds is 4.